The molecule has 0 saturated heterocycles. The van der Waals surface area contributed by atoms with Crippen molar-refractivity contribution in [1.29, 1.82) is 5.26 Å². The molecule has 2 aromatic carbocycles. The molecule has 2 unspecified atom stereocenters. The molecular weight excluding hydrogens is 408 g/mol. The van der Waals surface area contributed by atoms with E-state index in [1.807, 2.05) is 41.9 Å². The van der Waals surface area contributed by atoms with E-state index in [1.165, 1.54) is 0 Å². The Balaban J connectivity index is 1.67. The summed E-state index contributed by atoms with van der Waals surface area (Å²) in [5, 5.41) is 9.01. The van der Waals surface area contributed by atoms with Gasteiger partial charge in [-0.1, -0.05) is 31.0 Å². The summed E-state index contributed by atoms with van der Waals surface area (Å²) in [5.74, 6) is 1.50. The number of halogens is 1. The average molecular weight is 435 g/mol. The topological polar surface area (TPSA) is 84.7 Å². The number of ketones is 1. The molecule has 31 heavy (non-hydrogen) atoms. The molecule has 2 N–H and O–H groups in total. The quantitative estimate of drug-likeness (QED) is 0.532. The normalized spacial score (nSPS) is 16.3. The van der Waals surface area contributed by atoms with E-state index < -0.39 is 6.04 Å². The summed E-state index contributed by atoms with van der Waals surface area (Å²) in [6.07, 6.45) is 4.91. The summed E-state index contributed by atoms with van der Waals surface area (Å²) in [6.45, 7) is 0. The van der Waals surface area contributed by atoms with Gasteiger partial charge in [-0.25, -0.2) is 4.98 Å². The zero-order valence-corrected chi connectivity index (χ0v) is 18.5. The molecule has 1 aliphatic rings. The molecule has 5 nitrogen and oxygen atoms in total. The molecule has 0 amide bonds. The van der Waals surface area contributed by atoms with Crippen molar-refractivity contribution in [3.8, 4) is 6.07 Å². The number of rotatable bonds is 7. The summed E-state index contributed by atoms with van der Waals surface area (Å²) in [6, 6.07) is 15.1. The van der Waals surface area contributed by atoms with Gasteiger partial charge in [-0.3, -0.25) is 4.79 Å². The van der Waals surface area contributed by atoms with Crippen molar-refractivity contribution in [1.82, 2.24) is 9.55 Å². The standard InChI is InChI=1S/C25H27ClN4O/c1-30-22-11-10-19(20(12-13-26)24(31)18-4-2-3-5-18)14-21(22)29-25(30)23(28)17-8-6-16(15-27)7-9-17/h6-11,14,18,20,23H,2-5,12-13,28H2,1H3. The lowest BCUT2D eigenvalue weighted by Crippen LogP contribution is -2.20. The summed E-state index contributed by atoms with van der Waals surface area (Å²) >= 11 is 6.07. The molecule has 3 aromatic rings. The van der Waals surface area contributed by atoms with E-state index in [-0.39, 0.29) is 11.8 Å². The second kappa shape index (κ2) is 9.21. The van der Waals surface area contributed by atoms with Crippen LogP contribution in [0.5, 0.6) is 0 Å². The third kappa shape index (κ3) is 4.23. The second-order valence-corrected chi connectivity index (χ2v) is 8.78. The number of fused-ring (bicyclic) bond motifs is 1. The van der Waals surface area contributed by atoms with E-state index in [1.54, 1.807) is 12.1 Å². The Kier molecular flexibility index (Phi) is 6.41. The van der Waals surface area contributed by atoms with Crippen LogP contribution >= 0.6 is 11.6 Å². The maximum Gasteiger partial charge on any atom is 0.143 e. The molecule has 0 bridgehead atoms. The zero-order chi connectivity index (χ0) is 22.0. The molecule has 1 fully saturated rings. The molecule has 2 atom stereocenters. The summed E-state index contributed by atoms with van der Waals surface area (Å²) in [5.41, 5.74) is 10.8. The fourth-order valence-electron chi connectivity index (χ4n) is 4.72. The fourth-order valence-corrected chi connectivity index (χ4v) is 4.94. The molecule has 160 valence electrons. The van der Waals surface area contributed by atoms with Crippen molar-refractivity contribution in [3.05, 3.63) is 65.0 Å². The minimum absolute atomic E-state index is 0.160. The lowest BCUT2D eigenvalue weighted by molar-refractivity contribution is -0.124. The number of benzene rings is 2. The predicted molar refractivity (Wildman–Crippen MR) is 123 cm³/mol. The van der Waals surface area contributed by atoms with Crippen LogP contribution in [-0.4, -0.2) is 21.2 Å². The fraction of sp³-hybridized carbons (Fsp3) is 0.400. The number of aromatic nitrogens is 2. The van der Waals surface area contributed by atoms with Crippen molar-refractivity contribution in [2.24, 2.45) is 18.7 Å². The Hall–Kier alpha value is -2.68. The number of hydrogen-bond acceptors (Lipinski definition) is 4. The van der Waals surface area contributed by atoms with E-state index in [2.05, 4.69) is 6.07 Å². The lowest BCUT2D eigenvalue weighted by atomic mass is 9.84. The van der Waals surface area contributed by atoms with Gasteiger partial charge < -0.3 is 10.3 Å². The smallest absolute Gasteiger partial charge is 0.143 e. The third-order valence-electron chi connectivity index (χ3n) is 6.52. The van der Waals surface area contributed by atoms with Gasteiger partial charge in [-0.15, -0.1) is 11.6 Å². The molecule has 4 rings (SSSR count). The van der Waals surface area contributed by atoms with Crippen LogP contribution in [0.4, 0.5) is 0 Å². The van der Waals surface area contributed by atoms with Crippen LogP contribution in [0.2, 0.25) is 0 Å². The molecule has 1 saturated carbocycles. The monoisotopic (exact) mass is 434 g/mol. The molecule has 0 spiro atoms. The van der Waals surface area contributed by atoms with Crippen LogP contribution < -0.4 is 5.73 Å². The van der Waals surface area contributed by atoms with Gasteiger partial charge in [-0.05, 0) is 54.7 Å². The second-order valence-electron chi connectivity index (χ2n) is 8.40. The third-order valence-corrected chi connectivity index (χ3v) is 6.74. The van der Waals surface area contributed by atoms with Gasteiger partial charge in [0.2, 0.25) is 0 Å². The van der Waals surface area contributed by atoms with Crippen molar-refractivity contribution >= 4 is 28.4 Å². The number of alkyl halides is 1. The van der Waals surface area contributed by atoms with Gasteiger partial charge in [0.05, 0.1) is 28.7 Å². The van der Waals surface area contributed by atoms with Crippen LogP contribution in [0.1, 0.15) is 66.6 Å². The lowest BCUT2D eigenvalue weighted by Gasteiger charge is -2.19. The first-order chi connectivity index (χ1) is 15.0. The number of nitriles is 1. The summed E-state index contributed by atoms with van der Waals surface area (Å²) in [4.78, 5) is 18.0. The Bertz CT molecular complexity index is 1120. The highest BCUT2D eigenvalue weighted by molar-refractivity contribution is 6.18. The Labute approximate surface area is 187 Å². The summed E-state index contributed by atoms with van der Waals surface area (Å²) < 4.78 is 2.00. The average Bonchev–Trinajstić information content (AvgIpc) is 3.45. The van der Waals surface area contributed by atoms with Gasteiger partial charge >= 0.3 is 0 Å². The number of carbonyl (C=O) groups excluding carboxylic acids is 1. The number of aryl methyl sites for hydroxylation is 1. The van der Waals surface area contributed by atoms with E-state index in [0.717, 1.165) is 53.7 Å². The van der Waals surface area contributed by atoms with Crippen LogP contribution in [0.3, 0.4) is 0 Å². The van der Waals surface area contributed by atoms with Gasteiger partial charge in [0.15, 0.2) is 0 Å². The molecule has 1 heterocycles. The Morgan fingerprint density at radius 1 is 1.23 bits per heavy atom. The first-order valence-corrected chi connectivity index (χ1v) is 11.4. The molecule has 1 aromatic heterocycles. The van der Waals surface area contributed by atoms with Gasteiger partial charge in [0, 0.05) is 24.8 Å². The molecular formula is C25H27ClN4O. The Morgan fingerprint density at radius 2 is 1.90 bits per heavy atom. The van der Waals surface area contributed by atoms with Crippen LogP contribution in [0, 0.1) is 17.2 Å². The molecule has 0 aliphatic heterocycles. The largest absolute Gasteiger partial charge is 0.330 e. The number of nitrogens with zero attached hydrogens (tertiary/aromatic N) is 3. The van der Waals surface area contributed by atoms with E-state index >= 15 is 0 Å². The number of nitrogens with two attached hydrogens (primary N) is 1. The van der Waals surface area contributed by atoms with Crippen molar-refractivity contribution in [2.75, 3.05) is 5.88 Å². The van der Waals surface area contributed by atoms with E-state index in [0.29, 0.717) is 23.6 Å². The van der Waals surface area contributed by atoms with Crippen molar-refractivity contribution in [2.45, 2.75) is 44.1 Å². The number of carbonyl (C=O) groups is 1. The first-order valence-electron chi connectivity index (χ1n) is 10.8. The van der Waals surface area contributed by atoms with Crippen LogP contribution in [-0.2, 0) is 11.8 Å². The molecule has 1 aliphatic carbocycles. The van der Waals surface area contributed by atoms with Gasteiger partial charge in [0.25, 0.3) is 0 Å². The minimum Gasteiger partial charge on any atom is -0.330 e. The van der Waals surface area contributed by atoms with E-state index in [4.69, 9.17) is 27.6 Å². The van der Waals surface area contributed by atoms with Gasteiger partial charge in [0.1, 0.15) is 11.6 Å². The van der Waals surface area contributed by atoms with Crippen LogP contribution in [0.25, 0.3) is 11.0 Å². The summed E-state index contributed by atoms with van der Waals surface area (Å²) in [7, 11) is 1.95. The molecule has 6 heteroatoms. The maximum absolute atomic E-state index is 13.2. The predicted octanol–water partition coefficient (Wildman–Crippen LogP) is 4.96. The Morgan fingerprint density at radius 3 is 2.55 bits per heavy atom. The highest BCUT2D eigenvalue weighted by Crippen LogP contribution is 2.34. The van der Waals surface area contributed by atoms with Crippen molar-refractivity contribution in [3.63, 3.8) is 0 Å². The van der Waals surface area contributed by atoms with E-state index in [9.17, 15) is 4.79 Å². The molecule has 0 radical (unpaired) electrons. The highest BCUT2D eigenvalue weighted by atomic mass is 35.5. The SMILES string of the molecule is Cn1c(C(N)c2ccc(C#N)cc2)nc2cc(C(CCCl)C(=O)C3CCCC3)ccc21. The zero-order valence-electron chi connectivity index (χ0n) is 17.7. The number of imidazole rings is 1. The maximum atomic E-state index is 13.2. The first kappa shape index (κ1) is 21.5. The highest BCUT2D eigenvalue weighted by Gasteiger charge is 2.30. The van der Waals surface area contributed by atoms with Gasteiger partial charge in [-0.2, -0.15) is 5.26 Å². The number of Topliss-reactive ketones (excluding diaryl/α,β-unsaturated/α-hetero) is 1. The minimum atomic E-state index is -0.410. The number of hydrogen-bond donors (Lipinski definition) is 1. The van der Waals surface area contributed by atoms with Crippen LogP contribution in [0.15, 0.2) is 42.5 Å². The van der Waals surface area contributed by atoms with Crippen molar-refractivity contribution < 1.29 is 4.79 Å².